The second kappa shape index (κ2) is 6.28. The fraction of sp³-hybridized carbons (Fsp3) is 0.308. The fourth-order valence-corrected chi connectivity index (χ4v) is 4.60. The van der Waals surface area contributed by atoms with Gasteiger partial charge >= 0.3 is 0 Å². The molecule has 29 heavy (non-hydrogen) atoms. The minimum Gasteiger partial charge on any atom is -0.255 e. The second-order valence-electron chi connectivity index (χ2n) is 8.90. The SMILES string of the molecule is Cc1ccnc2c3ccc(C(C)C)cc3n3c4cc(C(C)C)ccc4[n+](C)c3c12. The molecule has 0 bridgehead atoms. The fourth-order valence-electron chi connectivity index (χ4n) is 4.60. The zero-order valence-electron chi connectivity index (χ0n) is 18.1. The number of hydrogen-bond donors (Lipinski definition) is 0. The quantitative estimate of drug-likeness (QED) is 0.264. The molecule has 3 heteroatoms. The summed E-state index contributed by atoms with van der Waals surface area (Å²) >= 11 is 0. The summed E-state index contributed by atoms with van der Waals surface area (Å²) in [4.78, 5) is 4.83. The number of nitrogens with zero attached hydrogens (tertiary/aromatic N) is 3. The lowest BCUT2D eigenvalue weighted by molar-refractivity contribution is -0.617. The lowest BCUT2D eigenvalue weighted by Gasteiger charge is -2.10. The van der Waals surface area contributed by atoms with Gasteiger partial charge in [0.1, 0.15) is 5.52 Å². The average Bonchev–Trinajstić information content (AvgIpc) is 3.00. The number of imidazole rings is 1. The molecule has 0 radical (unpaired) electrons. The minimum absolute atomic E-state index is 0.484. The monoisotopic (exact) mass is 382 g/mol. The van der Waals surface area contributed by atoms with Crippen molar-refractivity contribution >= 4 is 38.5 Å². The smallest absolute Gasteiger partial charge is 0.255 e. The molecule has 5 rings (SSSR count). The van der Waals surface area contributed by atoms with E-state index in [-0.39, 0.29) is 0 Å². The Balaban J connectivity index is 2.14. The van der Waals surface area contributed by atoms with E-state index >= 15 is 0 Å². The molecule has 0 spiro atoms. The molecule has 0 amide bonds. The Bertz CT molecular complexity index is 1420. The van der Waals surface area contributed by atoms with Gasteiger partial charge in [-0.15, -0.1) is 0 Å². The first-order valence-electron chi connectivity index (χ1n) is 10.5. The zero-order valence-corrected chi connectivity index (χ0v) is 18.1. The number of pyridine rings is 2. The van der Waals surface area contributed by atoms with E-state index < -0.39 is 0 Å². The second-order valence-corrected chi connectivity index (χ2v) is 8.90. The van der Waals surface area contributed by atoms with Crippen molar-refractivity contribution in [1.29, 1.82) is 0 Å². The normalized spacial score (nSPS) is 12.4. The zero-order chi connectivity index (χ0) is 20.4. The molecule has 146 valence electrons. The highest BCUT2D eigenvalue weighted by Gasteiger charge is 2.25. The summed E-state index contributed by atoms with van der Waals surface area (Å²) in [5, 5.41) is 2.45. The van der Waals surface area contributed by atoms with E-state index in [4.69, 9.17) is 4.98 Å². The topological polar surface area (TPSA) is 21.2 Å². The first-order chi connectivity index (χ1) is 13.9. The van der Waals surface area contributed by atoms with Crippen LogP contribution in [0, 0.1) is 6.92 Å². The molecule has 3 nitrogen and oxygen atoms in total. The molecule has 3 heterocycles. The maximum Gasteiger partial charge on any atom is 0.297 e. The summed E-state index contributed by atoms with van der Waals surface area (Å²) < 4.78 is 4.79. The van der Waals surface area contributed by atoms with Gasteiger partial charge in [-0.25, -0.2) is 4.57 Å². The van der Waals surface area contributed by atoms with Gasteiger partial charge < -0.3 is 0 Å². The molecule has 0 atom stereocenters. The summed E-state index contributed by atoms with van der Waals surface area (Å²) in [6.45, 7) is 11.2. The van der Waals surface area contributed by atoms with Crippen LogP contribution in [-0.4, -0.2) is 9.38 Å². The van der Waals surface area contributed by atoms with Crippen molar-refractivity contribution in [2.45, 2.75) is 46.5 Å². The molecule has 0 saturated carbocycles. The summed E-state index contributed by atoms with van der Waals surface area (Å²) in [5.74, 6) is 0.981. The summed E-state index contributed by atoms with van der Waals surface area (Å²) in [6, 6.07) is 15.9. The summed E-state index contributed by atoms with van der Waals surface area (Å²) in [7, 11) is 2.18. The highest BCUT2D eigenvalue weighted by atomic mass is 15.1. The van der Waals surface area contributed by atoms with E-state index in [0.717, 1.165) is 5.52 Å². The lowest BCUT2D eigenvalue weighted by Crippen LogP contribution is -2.27. The molecular formula is C26H28N3+. The first kappa shape index (κ1) is 18.1. The van der Waals surface area contributed by atoms with Crippen LogP contribution in [0.3, 0.4) is 0 Å². The van der Waals surface area contributed by atoms with Crippen LogP contribution in [0.2, 0.25) is 0 Å². The largest absolute Gasteiger partial charge is 0.297 e. The molecule has 0 aliphatic carbocycles. The van der Waals surface area contributed by atoms with Gasteiger partial charge in [-0.05, 0) is 65.8 Å². The van der Waals surface area contributed by atoms with Crippen LogP contribution in [0.4, 0.5) is 0 Å². The lowest BCUT2D eigenvalue weighted by atomic mass is 9.99. The predicted octanol–water partition coefficient (Wildman–Crippen LogP) is 6.17. The van der Waals surface area contributed by atoms with Crippen molar-refractivity contribution in [1.82, 2.24) is 9.38 Å². The maximum atomic E-state index is 4.83. The van der Waals surface area contributed by atoms with Crippen LogP contribution in [0.15, 0.2) is 48.7 Å². The van der Waals surface area contributed by atoms with Gasteiger partial charge in [0.05, 0.1) is 18.0 Å². The van der Waals surface area contributed by atoms with Crippen LogP contribution in [0.25, 0.3) is 38.5 Å². The standard InChI is InChI=1S/C26H28N3/c1-15(2)18-7-9-20-22(13-18)29-23-14-19(16(3)4)8-10-21(23)28(6)26(29)24-17(5)11-12-27-25(20)24/h7-16H,1-6H3/q+1. The number of rotatable bonds is 2. The van der Waals surface area contributed by atoms with E-state index in [0.29, 0.717) is 11.8 Å². The van der Waals surface area contributed by atoms with Crippen molar-refractivity contribution in [2.24, 2.45) is 7.05 Å². The Morgan fingerprint density at radius 2 is 1.52 bits per heavy atom. The molecule has 0 aliphatic rings. The van der Waals surface area contributed by atoms with Crippen LogP contribution < -0.4 is 4.57 Å². The van der Waals surface area contributed by atoms with Gasteiger partial charge in [-0.2, -0.15) is 4.40 Å². The molecule has 0 aliphatic heterocycles. The third-order valence-electron chi connectivity index (χ3n) is 6.37. The maximum absolute atomic E-state index is 4.83. The predicted molar refractivity (Wildman–Crippen MR) is 122 cm³/mol. The Morgan fingerprint density at radius 1 is 0.862 bits per heavy atom. The van der Waals surface area contributed by atoms with Crippen LogP contribution in [-0.2, 0) is 7.05 Å². The van der Waals surface area contributed by atoms with Gasteiger partial charge in [0, 0.05) is 11.6 Å². The highest BCUT2D eigenvalue weighted by Crippen LogP contribution is 2.34. The van der Waals surface area contributed by atoms with Crippen LogP contribution in [0.5, 0.6) is 0 Å². The van der Waals surface area contributed by atoms with Gasteiger partial charge in [-0.1, -0.05) is 39.8 Å². The Morgan fingerprint density at radius 3 is 2.21 bits per heavy atom. The first-order valence-corrected chi connectivity index (χ1v) is 10.5. The van der Waals surface area contributed by atoms with E-state index in [1.165, 1.54) is 49.7 Å². The van der Waals surface area contributed by atoms with E-state index in [1.807, 2.05) is 6.20 Å². The molecule has 0 N–H and O–H groups in total. The van der Waals surface area contributed by atoms with E-state index in [9.17, 15) is 0 Å². The van der Waals surface area contributed by atoms with E-state index in [2.05, 4.69) is 93.1 Å². The Labute approximate surface area is 171 Å². The summed E-state index contributed by atoms with van der Waals surface area (Å²) in [6.07, 6.45) is 1.93. The van der Waals surface area contributed by atoms with Crippen molar-refractivity contribution < 1.29 is 4.57 Å². The molecule has 0 saturated heterocycles. The number of hydrogen-bond acceptors (Lipinski definition) is 1. The van der Waals surface area contributed by atoms with Gasteiger partial charge in [0.25, 0.3) is 5.65 Å². The minimum atomic E-state index is 0.484. The molecular weight excluding hydrogens is 354 g/mol. The number of benzene rings is 2. The molecule has 0 fully saturated rings. The van der Waals surface area contributed by atoms with Gasteiger partial charge in [-0.3, -0.25) is 4.98 Å². The molecule has 0 unspecified atom stereocenters. The van der Waals surface area contributed by atoms with Crippen molar-refractivity contribution in [2.75, 3.05) is 0 Å². The Hall–Kier alpha value is -2.94. The van der Waals surface area contributed by atoms with Crippen LogP contribution >= 0.6 is 0 Å². The van der Waals surface area contributed by atoms with E-state index in [1.54, 1.807) is 0 Å². The number of fused-ring (bicyclic) bond motifs is 8. The number of aromatic nitrogens is 3. The van der Waals surface area contributed by atoms with Crippen molar-refractivity contribution in [3.8, 4) is 0 Å². The third kappa shape index (κ3) is 2.50. The number of aryl methyl sites for hydroxylation is 2. The van der Waals surface area contributed by atoms with Crippen molar-refractivity contribution in [3.63, 3.8) is 0 Å². The third-order valence-corrected chi connectivity index (χ3v) is 6.37. The summed E-state index contributed by atoms with van der Waals surface area (Å²) in [5.41, 5.74) is 10.1. The van der Waals surface area contributed by atoms with Gasteiger partial charge in [0.2, 0.25) is 0 Å². The molecule has 5 aromatic rings. The van der Waals surface area contributed by atoms with Crippen molar-refractivity contribution in [3.05, 3.63) is 65.4 Å². The highest BCUT2D eigenvalue weighted by molar-refractivity contribution is 6.11. The Kier molecular flexibility index (Phi) is 3.92. The molecule has 3 aromatic heterocycles. The van der Waals surface area contributed by atoms with Crippen LogP contribution in [0.1, 0.15) is 56.2 Å². The van der Waals surface area contributed by atoms with Gasteiger partial charge in [0.15, 0.2) is 11.0 Å². The average molecular weight is 383 g/mol. The molecule has 2 aromatic carbocycles.